The molecule has 1 heterocycles. The summed E-state index contributed by atoms with van der Waals surface area (Å²) in [5.74, 6) is 0. The molecule has 0 saturated heterocycles. The van der Waals surface area contributed by atoms with E-state index >= 15 is 0 Å². The molecule has 0 saturated carbocycles. The van der Waals surface area contributed by atoms with Gasteiger partial charge in [0, 0.05) is 16.5 Å². The van der Waals surface area contributed by atoms with Crippen LogP contribution in [0.2, 0.25) is 0 Å². The number of halogens is 1. The minimum Gasteiger partial charge on any atom is -0.380 e. The fourth-order valence-electron chi connectivity index (χ4n) is 0.903. The van der Waals surface area contributed by atoms with E-state index in [1.54, 1.807) is 18.4 Å². The first kappa shape index (κ1) is 10.2. The van der Waals surface area contributed by atoms with E-state index in [9.17, 15) is 0 Å². The highest BCUT2D eigenvalue weighted by Gasteiger charge is 2.17. The SMILES string of the molecule is COC(C)C(N)c1sccc1Br. The lowest BCUT2D eigenvalue weighted by molar-refractivity contribution is 0.0964. The third-order valence-corrected chi connectivity index (χ3v) is 3.80. The van der Waals surface area contributed by atoms with Gasteiger partial charge in [-0.05, 0) is 34.3 Å². The molecule has 1 aromatic rings. The molecular weight excluding hydrogens is 238 g/mol. The van der Waals surface area contributed by atoms with Crippen molar-refractivity contribution < 1.29 is 4.74 Å². The monoisotopic (exact) mass is 249 g/mol. The molecular formula is C8H12BrNOS. The molecule has 1 rings (SSSR count). The van der Waals surface area contributed by atoms with Gasteiger partial charge in [-0.15, -0.1) is 11.3 Å². The summed E-state index contributed by atoms with van der Waals surface area (Å²) in [6.07, 6.45) is 0.0555. The Labute approximate surface area is 84.9 Å². The number of hydrogen-bond acceptors (Lipinski definition) is 3. The normalized spacial score (nSPS) is 16.0. The van der Waals surface area contributed by atoms with Crippen molar-refractivity contribution in [2.75, 3.05) is 7.11 Å². The fourth-order valence-corrected chi connectivity index (χ4v) is 2.64. The van der Waals surface area contributed by atoms with Crippen molar-refractivity contribution in [2.24, 2.45) is 5.73 Å². The second kappa shape index (κ2) is 4.37. The Hall–Kier alpha value is 0.100. The number of ether oxygens (including phenoxy) is 1. The standard InChI is InChI=1S/C8H12BrNOS/c1-5(11-2)7(10)8-6(9)3-4-12-8/h3-5,7H,10H2,1-2H3. The van der Waals surface area contributed by atoms with E-state index in [0.717, 1.165) is 9.35 Å². The molecule has 0 aliphatic carbocycles. The van der Waals surface area contributed by atoms with Crippen molar-refractivity contribution in [3.63, 3.8) is 0 Å². The number of nitrogens with two attached hydrogens (primary N) is 1. The van der Waals surface area contributed by atoms with Crippen molar-refractivity contribution >= 4 is 27.3 Å². The number of hydrogen-bond donors (Lipinski definition) is 1. The lowest BCUT2D eigenvalue weighted by Gasteiger charge is -2.17. The van der Waals surface area contributed by atoms with Crippen LogP contribution in [0.25, 0.3) is 0 Å². The van der Waals surface area contributed by atoms with E-state index in [-0.39, 0.29) is 12.1 Å². The van der Waals surface area contributed by atoms with E-state index < -0.39 is 0 Å². The maximum atomic E-state index is 5.95. The van der Waals surface area contributed by atoms with Gasteiger partial charge in [0.1, 0.15) is 0 Å². The lowest BCUT2D eigenvalue weighted by Crippen LogP contribution is -2.24. The molecule has 68 valence electrons. The Bertz CT molecular complexity index is 251. The van der Waals surface area contributed by atoms with E-state index in [0.29, 0.717) is 0 Å². The third kappa shape index (κ3) is 2.07. The topological polar surface area (TPSA) is 35.2 Å². The highest BCUT2D eigenvalue weighted by molar-refractivity contribution is 9.10. The third-order valence-electron chi connectivity index (χ3n) is 1.83. The smallest absolute Gasteiger partial charge is 0.0744 e. The Balaban J connectivity index is 2.77. The van der Waals surface area contributed by atoms with Crippen molar-refractivity contribution in [3.8, 4) is 0 Å². The molecule has 12 heavy (non-hydrogen) atoms. The summed E-state index contributed by atoms with van der Waals surface area (Å²) in [6.45, 7) is 1.97. The zero-order valence-corrected chi connectivity index (χ0v) is 9.48. The van der Waals surface area contributed by atoms with Crippen LogP contribution in [-0.4, -0.2) is 13.2 Å². The highest BCUT2D eigenvalue weighted by Crippen LogP contribution is 2.29. The van der Waals surface area contributed by atoms with Crippen LogP contribution >= 0.6 is 27.3 Å². The summed E-state index contributed by atoms with van der Waals surface area (Å²) < 4.78 is 6.22. The quantitative estimate of drug-likeness (QED) is 0.894. The first-order chi connectivity index (χ1) is 5.66. The first-order valence-corrected chi connectivity index (χ1v) is 5.35. The summed E-state index contributed by atoms with van der Waals surface area (Å²) in [5.41, 5.74) is 5.95. The molecule has 0 amide bonds. The summed E-state index contributed by atoms with van der Waals surface area (Å²) in [6, 6.07) is 1.96. The van der Waals surface area contributed by atoms with Crippen LogP contribution in [0.3, 0.4) is 0 Å². The number of rotatable bonds is 3. The maximum absolute atomic E-state index is 5.95. The van der Waals surface area contributed by atoms with E-state index in [1.165, 1.54) is 0 Å². The molecule has 0 radical (unpaired) electrons. The van der Waals surface area contributed by atoms with Gasteiger partial charge < -0.3 is 10.5 Å². The van der Waals surface area contributed by atoms with Crippen LogP contribution in [0.5, 0.6) is 0 Å². The van der Waals surface area contributed by atoms with Crippen LogP contribution in [-0.2, 0) is 4.74 Å². The summed E-state index contributed by atoms with van der Waals surface area (Å²) in [4.78, 5) is 1.14. The molecule has 2 atom stereocenters. The van der Waals surface area contributed by atoms with Gasteiger partial charge in [0.15, 0.2) is 0 Å². The van der Waals surface area contributed by atoms with Crippen LogP contribution in [0, 0.1) is 0 Å². The van der Waals surface area contributed by atoms with E-state index in [1.807, 2.05) is 18.4 Å². The van der Waals surface area contributed by atoms with Crippen LogP contribution < -0.4 is 5.73 Å². The molecule has 2 nitrogen and oxygen atoms in total. The van der Waals surface area contributed by atoms with Crippen LogP contribution in [0.1, 0.15) is 17.8 Å². The molecule has 0 aliphatic heterocycles. The van der Waals surface area contributed by atoms with Gasteiger partial charge in [0.05, 0.1) is 12.1 Å². The molecule has 2 N–H and O–H groups in total. The Morgan fingerprint density at radius 1 is 1.67 bits per heavy atom. The maximum Gasteiger partial charge on any atom is 0.0744 e. The minimum atomic E-state index is -0.0376. The average molecular weight is 250 g/mol. The second-order valence-electron chi connectivity index (χ2n) is 2.60. The molecule has 0 aliphatic rings. The number of thiophene rings is 1. The van der Waals surface area contributed by atoms with Gasteiger partial charge in [-0.1, -0.05) is 0 Å². The molecule has 1 aromatic heterocycles. The zero-order chi connectivity index (χ0) is 9.14. The van der Waals surface area contributed by atoms with E-state index in [4.69, 9.17) is 10.5 Å². The van der Waals surface area contributed by atoms with Crippen molar-refractivity contribution in [3.05, 3.63) is 20.8 Å². The van der Waals surface area contributed by atoms with Crippen molar-refractivity contribution in [1.29, 1.82) is 0 Å². The summed E-state index contributed by atoms with van der Waals surface area (Å²) in [7, 11) is 1.67. The number of methoxy groups -OCH3 is 1. The summed E-state index contributed by atoms with van der Waals surface area (Å²) >= 11 is 5.09. The predicted octanol–water partition coefficient (Wildman–Crippen LogP) is 2.55. The van der Waals surface area contributed by atoms with Crippen LogP contribution in [0.4, 0.5) is 0 Å². The van der Waals surface area contributed by atoms with Gasteiger partial charge >= 0.3 is 0 Å². The van der Waals surface area contributed by atoms with Gasteiger partial charge in [0.25, 0.3) is 0 Å². The first-order valence-electron chi connectivity index (χ1n) is 3.68. The van der Waals surface area contributed by atoms with Gasteiger partial charge in [-0.3, -0.25) is 0 Å². The fraction of sp³-hybridized carbons (Fsp3) is 0.500. The van der Waals surface area contributed by atoms with Gasteiger partial charge in [0.2, 0.25) is 0 Å². The van der Waals surface area contributed by atoms with Crippen LogP contribution in [0.15, 0.2) is 15.9 Å². The second-order valence-corrected chi connectivity index (χ2v) is 4.40. The van der Waals surface area contributed by atoms with Crippen molar-refractivity contribution in [1.82, 2.24) is 0 Å². The van der Waals surface area contributed by atoms with Gasteiger partial charge in [-0.2, -0.15) is 0 Å². The Kier molecular flexibility index (Phi) is 3.71. The summed E-state index contributed by atoms with van der Waals surface area (Å²) in [5, 5.41) is 2.02. The van der Waals surface area contributed by atoms with Gasteiger partial charge in [-0.25, -0.2) is 0 Å². The largest absolute Gasteiger partial charge is 0.380 e. The zero-order valence-electron chi connectivity index (χ0n) is 7.08. The molecule has 0 aromatic carbocycles. The molecule has 4 heteroatoms. The average Bonchev–Trinajstić information content (AvgIpc) is 2.48. The predicted molar refractivity (Wildman–Crippen MR) is 55.4 cm³/mol. The molecule has 2 unspecified atom stereocenters. The molecule has 0 spiro atoms. The van der Waals surface area contributed by atoms with E-state index in [2.05, 4.69) is 15.9 Å². The van der Waals surface area contributed by atoms with Crippen molar-refractivity contribution in [2.45, 2.75) is 19.1 Å². The Morgan fingerprint density at radius 2 is 2.33 bits per heavy atom. The highest BCUT2D eigenvalue weighted by atomic mass is 79.9. The Morgan fingerprint density at radius 3 is 2.75 bits per heavy atom. The molecule has 0 bridgehead atoms. The lowest BCUT2D eigenvalue weighted by atomic mass is 10.1. The molecule has 0 fully saturated rings. The minimum absolute atomic E-state index is 0.0376.